The molecular weight excluding hydrogens is 411 g/mol. The Bertz CT molecular complexity index is 910. The topological polar surface area (TPSA) is 99.5 Å². The summed E-state index contributed by atoms with van der Waals surface area (Å²) in [7, 11) is -4.48. The van der Waals surface area contributed by atoms with Crippen molar-refractivity contribution in [1.82, 2.24) is 9.62 Å². The third kappa shape index (κ3) is 6.08. The molecule has 29 heavy (non-hydrogen) atoms. The molecule has 1 aromatic rings. The molecule has 0 bridgehead atoms. The van der Waals surface area contributed by atoms with Crippen molar-refractivity contribution in [3.63, 3.8) is 0 Å². The first-order valence-corrected chi connectivity index (χ1v) is 10.3. The quantitative estimate of drug-likeness (QED) is 0.789. The number of carbonyl (C=O) groups is 1. The molecule has 1 aliphatic rings. The van der Waals surface area contributed by atoms with E-state index in [9.17, 15) is 26.4 Å². The van der Waals surface area contributed by atoms with Crippen LogP contribution in [0, 0.1) is 11.3 Å². The zero-order valence-electron chi connectivity index (χ0n) is 16.2. The van der Waals surface area contributed by atoms with Crippen molar-refractivity contribution in [1.29, 1.82) is 5.26 Å². The smallest absolute Gasteiger partial charge is 0.417 e. The lowest BCUT2D eigenvalue weighted by molar-refractivity contribution is -0.139. The van der Waals surface area contributed by atoms with Crippen LogP contribution in [0.2, 0.25) is 0 Å². The third-order valence-corrected chi connectivity index (χ3v) is 5.75. The molecular formula is C18H22F3N3O4S. The summed E-state index contributed by atoms with van der Waals surface area (Å²) in [6.45, 7) is 5.59. The minimum atomic E-state index is -4.93. The lowest BCUT2D eigenvalue weighted by Crippen LogP contribution is -2.47. The van der Waals surface area contributed by atoms with Gasteiger partial charge >= 0.3 is 12.3 Å². The molecule has 0 saturated carbocycles. The Morgan fingerprint density at radius 3 is 2.31 bits per heavy atom. The van der Waals surface area contributed by atoms with Gasteiger partial charge in [-0.3, -0.25) is 0 Å². The van der Waals surface area contributed by atoms with Crippen LogP contribution in [0.1, 0.15) is 44.7 Å². The summed E-state index contributed by atoms with van der Waals surface area (Å²) < 4.78 is 72.5. The van der Waals surface area contributed by atoms with E-state index in [4.69, 9.17) is 10.00 Å². The predicted molar refractivity (Wildman–Crippen MR) is 97.3 cm³/mol. The first kappa shape index (κ1) is 23.0. The standard InChI is InChI=1S/C18H22F3N3O4S/c1-17(2,3)28-16(25)24-8-6-13(7-9-24)23-29(26,27)15-5-4-12(11-22)10-14(15)18(19,20)21/h4-5,10,13,23H,6-9H2,1-3H3. The van der Waals surface area contributed by atoms with Gasteiger partial charge in [0.25, 0.3) is 0 Å². The van der Waals surface area contributed by atoms with Crippen LogP contribution in [0.15, 0.2) is 23.1 Å². The van der Waals surface area contributed by atoms with E-state index < -0.39 is 44.4 Å². The molecule has 1 aromatic carbocycles. The maximum atomic E-state index is 13.3. The Morgan fingerprint density at radius 2 is 1.83 bits per heavy atom. The molecule has 1 saturated heterocycles. The molecule has 0 atom stereocenters. The van der Waals surface area contributed by atoms with E-state index >= 15 is 0 Å². The van der Waals surface area contributed by atoms with Crippen molar-refractivity contribution in [2.75, 3.05) is 13.1 Å². The molecule has 0 aliphatic carbocycles. The van der Waals surface area contributed by atoms with Gasteiger partial charge in [0.1, 0.15) is 5.60 Å². The van der Waals surface area contributed by atoms with Gasteiger partial charge in [-0.25, -0.2) is 17.9 Å². The van der Waals surface area contributed by atoms with E-state index in [-0.39, 0.29) is 31.5 Å². The van der Waals surface area contributed by atoms with Gasteiger partial charge in [0.2, 0.25) is 10.0 Å². The number of rotatable bonds is 3. The number of carbonyl (C=O) groups excluding carboxylic acids is 1. The summed E-state index contributed by atoms with van der Waals surface area (Å²) in [6.07, 6.45) is -4.99. The van der Waals surface area contributed by atoms with Crippen molar-refractivity contribution in [3.8, 4) is 6.07 Å². The average molecular weight is 433 g/mol. The number of benzene rings is 1. The molecule has 0 aromatic heterocycles. The number of halogens is 3. The van der Waals surface area contributed by atoms with E-state index in [1.807, 2.05) is 0 Å². The first-order chi connectivity index (χ1) is 13.2. The summed E-state index contributed by atoms with van der Waals surface area (Å²) in [5, 5.41) is 8.80. The summed E-state index contributed by atoms with van der Waals surface area (Å²) >= 11 is 0. The van der Waals surface area contributed by atoms with Gasteiger partial charge in [-0.1, -0.05) is 0 Å². The van der Waals surface area contributed by atoms with Crippen LogP contribution in [0.5, 0.6) is 0 Å². The van der Waals surface area contributed by atoms with Gasteiger partial charge in [-0.15, -0.1) is 0 Å². The maximum Gasteiger partial charge on any atom is 0.417 e. The summed E-state index contributed by atoms with van der Waals surface area (Å²) in [4.78, 5) is 12.6. The van der Waals surface area contributed by atoms with Crippen molar-refractivity contribution >= 4 is 16.1 Å². The average Bonchev–Trinajstić information content (AvgIpc) is 2.59. The second-order valence-electron chi connectivity index (χ2n) is 7.68. The normalized spacial score (nSPS) is 16.4. The Labute approximate surface area is 167 Å². The zero-order chi connectivity index (χ0) is 22.0. The number of alkyl halides is 3. The van der Waals surface area contributed by atoms with E-state index in [2.05, 4.69) is 4.72 Å². The summed E-state index contributed by atoms with van der Waals surface area (Å²) in [6, 6.07) is 3.25. The van der Waals surface area contributed by atoms with Crippen LogP contribution in [0.3, 0.4) is 0 Å². The molecule has 0 unspecified atom stereocenters. The van der Waals surface area contributed by atoms with E-state index in [0.717, 1.165) is 12.1 Å². The van der Waals surface area contributed by atoms with Crippen molar-refractivity contribution in [2.45, 2.75) is 56.3 Å². The number of nitrogens with one attached hydrogen (secondary N) is 1. The van der Waals surface area contributed by atoms with Crippen LogP contribution >= 0.6 is 0 Å². The number of ether oxygens (including phenoxy) is 1. The molecule has 1 aliphatic heterocycles. The fourth-order valence-corrected chi connectivity index (χ4v) is 4.36. The van der Waals surface area contributed by atoms with Gasteiger partial charge in [-0.05, 0) is 51.8 Å². The molecule has 1 amide bonds. The summed E-state index contributed by atoms with van der Waals surface area (Å²) in [5.41, 5.74) is -2.35. The number of hydrogen-bond donors (Lipinski definition) is 1. The molecule has 160 valence electrons. The number of nitrogens with zero attached hydrogens (tertiary/aromatic N) is 2. The van der Waals surface area contributed by atoms with Crippen LogP contribution in [0.4, 0.5) is 18.0 Å². The number of likely N-dealkylation sites (tertiary alicyclic amines) is 1. The van der Waals surface area contributed by atoms with Crippen LogP contribution in [0.25, 0.3) is 0 Å². The van der Waals surface area contributed by atoms with E-state index in [1.54, 1.807) is 26.8 Å². The Balaban J connectivity index is 2.12. The number of amides is 1. The van der Waals surface area contributed by atoms with E-state index in [1.165, 1.54) is 4.90 Å². The van der Waals surface area contributed by atoms with Gasteiger partial charge in [0.05, 0.1) is 22.1 Å². The molecule has 7 nitrogen and oxygen atoms in total. The predicted octanol–water partition coefficient (Wildman–Crippen LogP) is 3.25. The van der Waals surface area contributed by atoms with Gasteiger partial charge in [0.15, 0.2) is 0 Å². The third-order valence-electron chi connectivity index (χ3n) is 4.17. The number of nitriles is 1. The highest BCUT2D eigenvalue weighted by Crippen LogP contribution is 2.35. The SMILES string of the molecule is CC(C)(C)OC(=O)N1CCC(NS(=O)(=O)c2ccc(C#N)cc2C(F)(F)F)CC1. The summed E-state index contributed by atoms with van der Waals surface area (Å²) in [5.74, 6) is 0. The highest BCUT2D eigenvalue weighted by atomic mass is 32.2. The highest BCUT2D eigenvalue weighted by molar-refractivity contribution is 7.89. The molecule has 1 N–H and O–H groups in total. The van der Waals surface area contributed by atoms with Crippen molar-refractivity contribution in [3.05, 3.63) is 29.3 Å². The van der Waals surface area contributed by atoms with Crippen LogP contribution < -0.4 is 4.72 Å². The van der Waals surface area contributed by atoms with Crippen LogP contribution in [-0.4, -0.2) is 44.1 Å². The second-order valence-corrected chi connectivity index (χ2v) is 9.37. The number of sulfonamides is 1. The first-order valence-electron chi connectivity index (χ1n) is 8.84. The zero-order valence-corrected chi connectivity index (χ0v) is 17.0. The lowest BCUT2D eigenvalue weighted by Gasteiger charge is -2.33. The minimum Gasteiger partial charge on any atom is -0.444 e. The fraction of sp³-hybridized carbons (Fsp3) is 0.556. The maximum absolute atomic E-state index is 13.3. The number of piperidine rings is 1. The molecule has 1 heterocycles. The fourth-order valence-electron chi connectivity index (χ4n) is 2.84. The van der Waals surface area contributed by atoms with Crippen LogP contribution in [-0.2, 0) is 20.9 Å². The molecule has 1 fully saturated rings. The van der Waals surface area contributed by atoms with Gasteiger partial charge in [0, 0.05) is 19.1 Å². The van der Waals surface area contributed by atoms with Crippen molar-refractivity contribution < 1.29 is 31.1 Å². The minimum absolute atomic E-state index is 0.210. The highest BCUT2D eigenvalue weighted by Gasteiger charge is 2.38. The Hall–Kier alpha value is -2.32. The van der Waals surface area contributed by atoms with Crippen molar-refractivity contribution in [2.24, 2.45) is 0 Å². The van der Waals surface area contributed by atoms with Gasteiger partial charge in [-0.2, -0.15) is 18.4 Å². The molecule has 2 rings (SSSR count). The monoisotopic (exact) mass is 433 g/mol. The molecule has 0 radical (unpaired) electrons. The lowest BCUT2D eigenvalue weighted by atomic mass is 10.1. The molecule has 0 spiro atoms. The largest absolute Gasteiger partial charge is 0.444 e. The second kappa shape index (κ2) is 8.20. The Kier molecular flexibility index (Phi) is 6.49. The Morgan fingerprint density at radius 1 is 1.24 bits per heavy atom. The number of hydrogen-bond acceptors (Lipinski definition) is 5. The molecule has 11 heteroatoms. The van der Waals surface area contributed by atoms with E-state index in [0.29, 0.717) is 6.07 Å². The van der Waals surface area contributed by atoms with Gasteiger partial charge < -0.3 is 9.64 Å².